The highest BCUT2D eigenvalue weighted by atomic mass is 32.1. The topological polar surface area (TPSA) is 62.2 Å². The van der Waals surface area contributed by atoms with Crippen LogP contribution >= 0.6 is 12.2 Å². The first-order valence-electron chi connectivity index (χ1n) is 13.5. The molecule has 3 aromatic carbocycles. The Morgan fingerprint density at radius 2 is 1.77 bits per heavy atom. The summed E-state index contributed by atoms with van der Waals surface area (Å²) >= 11 is 5.86. The maximum Gasteiger partial charge on any atom is 0.226 e. The lowest BCUT2D eigenvalue weighted by molar-refractivity contribution is -0.116. The third-order valence-corrected chi connectivity index (χ3v) is 7.89. The van der Waals surface area contributed by atoms with Gasteiger partial charge in [-0.15, -0.1) is 0 Å². The summed E-state index contributed by atoms with van der Waals surface area (Å²) in [5.74, 6) is -0.0403. The first-order valence-corrected chi connectivity index (χ1v) is 13.9. The second kappa shape index (κ2) is 10.9. The molecular weight excluding hydrogens is 514 g/mol. The van der Waals surface area contributed by atoms with Gasteiger partial charge in [0.1, 0.15) is 0 Å². The Bertz CT molecular complexity index is 1700. The minimum absolute atomic E-state index is 0.0403. The van der Waals surface area contributed by atoms with Crippen LogP contribution in [-0.2, 0) is 4.79 Å². The van der Waals surface area contributed by atoms with Gasteiger partial charge >= 0.3 is 0 Å². The number of hydrogen-bond donors (Lipinski definition) is 2. The van der Waals surface area contributed by atoms with Gasteiger partial charge in [0.2, 0.25) is 5.91 Å². The zero-order valence-corrected chi connectivity index (χ0v) is 23.4. The Balaban J connectivity index is 1.32. The number of nitrogens with one attached hydrogen (secondary N) is 2. The van der Waals surface area contributed by atoms with Gasteiger partial charge in [0.05, 0.1) is 17.8 Å². The van der Waals surface area contributed by atoms with Gasteiger partial charge in [-0.05, 0) is 90.4 Å². The number of fused-ring (bicyclic) bond motifs is 1. The highest BCUT2D eigenvalue weighted by molar-refractivity contribution is 7.80. The zero-order valence-electron chi connectivity index (χ0n) is 22.5. The Kier molecular flexibility index (Phi) is 7.05. The monoisotopic (exact) mass is 545 g/mol. The molecule has 1 saturated heterocycles. The Labute approximate surface area is 239 Å². The van der Waals surface area contributed by atoms with Gasteiger partial charge in [-0.2, -0.15) is 0 Å². The molecule has 2 aromatic heterocycles. The van der Waals surface area contributed by atoms with Crippen LogP contribution in [0.4, 0.5) is 5.69 Å². The number of carbonyl (C=O) groups excluding carboxylic acids is 1. The Morgan fingerprint density at radius 3 is 2.60 bits per heavy atom. The summed E-state index contributed by atoms with van der Waals surface area (Å²) in [6.07, 6.45) is 4.19. The molecule has 1 aliphatic heterocycles. The van der Waals surface area contributed by atoms with Crippen molar-refractivity contribution in [2.75, 3.05) is 11.9 Å². The van der Waals surface area contributed by atoms with Crippen molar-refractivity contribution < 1.29 is 4.79 Å². The molecule has 7 heteroatoms. The van der Waals surface area contributed by atoms with Crippen molar-refractivity contribution in [3.8, 4) is 5.69 Å². The van der Waals surface area contributed by atoms with Crippen molar-refractivity contribution in [3.05, 3.63) is 126 Å². The first kappa shape index (κ1) is 25.8. The van der Waals surface area contributed by atoms with Crippen molar-refractivity contribution in [1.82, 2.24) is 19.8 Å². The predicted octanol–water partition coefficient (Wildman–Crippen LogP) is 6.64. The highest BCUT2D eigenvalue weighted by Crippen LogP contribution is 2.39. The average Bonchev–Trinajstić information content (AvgIpc) is 3.58. The molecule has 200 valence electrons. The zero-order chi connectivity index (χ0) is 27.6. The van der Waals surface area contributed by atoms with E-state index in [2.05, 4.69) is 85.9 Å². The summed E-state index contributed by atoms with van der Waals surface area (Å²) in [6.45, 7) is 4.50. The average molecular weight is 546 g/mol. The van der Waals surface area contributed by atoms with Crippen molar-refractivity contribution in [1.29, 1.82) is 0 Å². The largest absolute Gasteiger partial charge is 0.352 e. The SMILES string of the molecule is Cc1ccc(C)c(NC(=O)CCN2C(=S)N[C@H](c3ccccn3)[C@H]2c2cccn2-c2ccc3ccccc3c2)c1. The van der Waals surface area contributed by atoms with Crippen LogP contribution < -0.4 is 10.6 Å². The quantitative estimate of drug-likeness (QED) is 0.225. The van der Waals surface area contributed by atoms with Gasteiger partial charge in [-0.3, -0.25) is 9.78 Å². The first-order chi connectivity index (χ1) is 19.5. The number of rotatable bonds is 7. The number of anilines is 1. The van der Waals surface area contributed by atoms with E-state index in [4.69, 9.17) is 12.2 Å². The van der Waals surface area contributed by atoms with E-state index in [0.29, 0.717) is 18.1 Å². The number of aryl methyl sites for hydroxylation is 2. The Morgan fingerprint density at radius 1 is 0.950 bits per heavy atom. The number of pyridine rings is 1. The minimum Gasteiger partial charge on any atom is -0.352 e. The summed E-state index contributed by atoms with van der Waals surface area (Å²) in [6, 6.07) is 30.8. The molecule has 6 rings (SSSR count). The lowest BCUT2D eigenvalue weighted by Crippen LogP contribution is -2.33. The van der Waals surface area contributed by atoms with Crippen LogP contribution in [0.1, 0.15) is 41.0 Å². The third kappa shape index (κ3) is 5.08. The smallest absolute Gasteiger partial charge is 0.226 e. The fourth-order valence-corrected chi connectivity index (χ4v) is 5.80. The van der Waals surface area contributed by atoms with Gasteiger partial charge in [0, 0.05) is 42.4 Å². The molecule has 1 fully saturated rings. The van der Waals surface area contributed by atoms with Gasteiger partial charge in [-0.25, -0.2) is 0 Å². The summed E-state index contributed by atoms with van der Waals surface area (Å²) in [5, 5.41) is 9.60. The van der Waals surface area contributed by atoms with Crippen LogP contribution in [-0.4, -0.2) is 32.0 Å². The van der Waals surface area contributed by atoms with Crippen LogP contribution in [0.3, 0.4) is 0 Å². The van der Waals surface area contributed by atoms with E-state index in [-0.39, 0.29) is 18.0 Å². The molecule has 2 atom stereocenters. The van der Waals surface area contributed by atoms with Crippen LogP contribution in [0.15, 0.2) is 103 Å². The van der Waals surface area contributed by atoms with Crippen LogP contribution in [0.25, 0.3) is 16.5 Å². The van der Waals surface area contributed by atoms with E-state index in [1.54, 1.807) is 6.20 Å². The Hall–Kier alpha value is -4.49. The molecule has 0 bridgehead atoms. The molecule has 6 nitrogen and oxygen atoms in total. The fourth-order valence-electron chi connectivity index (χ4n) is 5.47. The molecule has 0 spiro atoms. The van der Waals surface area contributed by atoms with Crippen LogP contribution in [0.2, 0.25) is 0 Å². The molecule has 0 unspecified atom stereocenters. The normalized spacial score (nSPS) is 16.8. The molecule has 3 heterocycles. The number of carbonyl (C=O) groups is 1. The van der Waals surface area contributed by atoms with Gasteiger partial charge in [0.15, 0.2) is 5.11 Å². The number of thiocarbonyl (C=S) groups is 1. The van der Waals surface area contributed by atoms with E-state index in [1.165, 1.54) is 10.8 Å². The van der Waals surface area contributed by atoms with Crippen molar-refractivity contribution in [2.24, 2.45) is 0 Å². The van der Waals surface area contributed by atoms with Crippen LogP contribution in [0, 0.1) is 13.8 Å². The van der Waals surface area contributed by atoms with Crippen LogP contribution in [0.5, 0.6) is 0 Å². The summed E-state index contributed by atoms with van der Waals surface area (Å²) in [5.41, 5.74) is 6.05. The van der Waals surface area contributed by atoms with Crippen molar-refractivity contribution >= 4 is 39.7 Å². The molecule has 5 aromatic rings. The van der Waals surface area contributed by atoms with E-state index in [1.807, 2.05) is 50.2 Å². The number of benzene rings is 3. The fraction of sp³-hybridized carbons (Fsp3) is 0.182. The van der Waals surface area contributed by atoms with Gasteiger partial charge < -0.3 is 20.1 Å². The maximum atomic E-state index is 13.1. The molecular formula is C33H31N5OS. The molecule has 0 radical (unpaired) electrons. The number of aromatic nitrogens is 2. The van der Waals surface area contributed by atoms with Crippen molar-refractivity contribution in [3.63, 3.8) is 0 Å². The predicted molar refractivity (Wildman–Crippen MR) is 165 cm³/mol. The second-order valence-electron chi connectivity index (χ2n) is 10.3. The summed E-state index contributed by atoms with van der Waals surface area (Å²) < 4.78 is 2.21. The molecule has 1 amide bonds. The highest BCUT2D eigenvalue weighted by Gasteiger charge is 2.41. The summed E-state index contributed by atoms with van der Waals surface area (Å²) in [7, 11) is 0. The van der Waals surface area contributed by atoms with E-state index >= 15 is 0 Å². The van der Waals surface area contributed by atoms with Crippen molar-refractivity contribution in [2.45, 2.75) is 32.4 Å². The number of hydrogen-bond acceptors (Lipinski definition) is 3. The molecule has 2 N–H and O–H groups in total. The number of nitrogens with zero attached hydrogens (tertiary/aromatic N) is 3. The minimum atomic E-state index is -0.162. The van der Waals surface area contributed by atoms with E-state index < -0.39 is 0 Å². The molecule has 1 aliphatic rings. The van der Waals surface area contributed by atoms with Gasteiger partial charge in [0.25, 0.3) is 0 Å². The van der Waals surface area contributed by atoms with Gasteiger partial charge in [-0.1, -0.05) is 48.5 Å². The summed E-state index contributed by atoms with van der Waals surface area (Å²) in [4.78, 5) is 19.9. The molecule has 40 heavy (non-hydrogen) atoms. The maximum absolute atomic E-state index is 13.1. The third-order valence-electron chi connectivity index (χ3n) is 7.54. The molecule has 0 saturated carbocycles. The lowest BCUT2D eigenvalue weighted by Gasteiger charge is -2.29. The standard InChI is InChI=1S/C33H31N5OS/c1-22-12-13-23(2)28(20-22)35-30(39)16-19-38-32(31(36-33(38)40)27-10-5-6-17-34-27)29-11-7-18-37(29)26-15-14-24-8-3-4-9-25(24)21-26/h3-15,17-18,20-21,31-32H,16,19H2,1-2H3,(H,35,39)(H,36,40)/t31-,32-/m1/s1. The number of amides is 1. The second-order valence-corrected chi connectivity index (χ2v) is 10.7. The molecule has 0 aliphatic carbocycles. The van der Waals surface area contributed by atoms with E-state index in [9.17, 15) is 4.79 Å². The van der Waals surface area contributed by atoms with E-state index in [0.717, 1.165) is 33.9 Å². The lowest BCUT2D eigenvalue weighted by atomic mass is 10.0.